The SMILES string of the molecule is CC(=O)Oc1cccn2ccc(CCNC(=O)C(F)(F)F)c12. The second kappa shape index (κ2) is 6.08. The summed E-state index contributed by atoms with van der Waals surface area (Å²) in [7, 11) is 0. The van der Waals surface area contributed by atoms with Crippen LogP contribution in [0.4, 0.5) is 13.2 Å². The van der Waals surface area contributed by atoms with Gasteiger partial charge in [0.15, 0.2) is 5.75 Å². The van der Waals surface area contributed by atoms with Crippen molar-refractivity contribution in [3.63, 3.8) is 0 Å². The van der Waals surface area contributed by atoms with E-state index in [2.05, 4.69) is 0 Å². The summed E-state index contributed by atoms with van der Waals surface area (Å²) < 4.78 is 43.1. The van der Waals surface area contributed by atoms with Gasteiger partial charge in [-0.2, -0.15) is 13.2 Å². The normalized spacial score (nSPS) is 11.5. The lowest BCUT2D eigenvalue weighted by atomic mass is 10.2. The van der Waals surface area contributed by atoms with Gasteiger partial charge in [-0.3, -0.25) is 9.59 Å². The Kier molecular flexibility index (Phi) is 4.39. The number of carbonyl (C=O) groups excluding carboxylic acids is 2. The number of esters is 1. The molecular formula is C14H13F3N2O3. The van der Waals surface area contributed by atoms with Crippen LogP contribution in [-0.2, 0) is 16.0 Å². The molecule has 0 radical (unpaired) electrons. The number of aromatic nitrogens is 1. The van der Waals surface area contributed by atoms with Gasteiger partial charge < -0.3 is 14.5 Å². The number of hydrogen-bond donors (Lipinski definition) is 1. The Balaban J connectivity index is 2.15. The van der Waals surface area contributed by atoms with E-state index in [1.165, 1.54) is 6.92 Å². The largest absolute Gasteiger partial charge is 0.471 e. The van der Waals surface area contributed by atoms with Gasteiger partial charge in [0.1, 0.15) is 0 Å². The summed E-state index contributed by atoms with van der Waals surface area (Å²) in [5, 5.41) is 1.80. The molecule has 0 unspecified atom stereocenters. The summed E-state index contributed by atoms with van der Waals surface area (Å²) in [4.78, 5) is 21.8. The minimum atomic E-state index is -4.90. The van der Waals surface area contributed by atoms with Crippen molar-refractivity contribution >= 4 is 17.4 Å². The van der Waals surface area contributed by atoms with E-state index in [0.717, 1.165) is 0 Å². The van der Waals surface area contributed by atoms with E-state index in [-0.39, 0.29) is 13.0 Å². The van der Waals surface area contributed by atoms with Gasteiger partial charge in [0.2, 0.25) is 0 Å². The first kappa shape index (κ1) is 15.9. The number of carbonyl (C=O) groups is 2. The van der Waals surface area contributed by atoms with Gasteiger partial charge in [0, 0.05) is 25.9 Å². The number of halogens is 3. The van der Waals surface area contributed by atoms with Crippen LogP contribution in [-0.4, -0.2) is 29.0 Å². The van der Waals surface area contributed by atoms with Crippen molar-refractivity contribution < 1.29 is 27.5 Å². The Bertz CT molecular complexity index is 707. The molecule has 0 aliphatic heterocycles. The van der Waals surface area contributed by atoms with E-state index >= 15 is 0 Å². The molecule has 0 atom stereocenters. The molecule has 118 valence electrons. The molecule has 0 aliphatic carbocycles. The van der Waals surface area contributed by atoms with Crippen molar-refractivity contribution in [3.05, 3.63) is 36.2 Å². The number of ether oxygens (including phenoxy) is 1. The number of nitrogens with zero attached hydrogens (tertiary/aromatic N) is 1. The summed E-state index contributed by atoms with van der Waals surface area (Å²) in [6.07, 6.45) is -1.30. The fraction of sp³-hybridized carbons (Fsp3) is 0.286. The molecule has 0 spiro atoms. The van der Waals surface area contributed by atoms with Crippen LogP contribution in [0.2, 0.25) is 0 Å². The second-order valence-corrected chi connectivity index (χ2v) is 4.57. The topological polar surface area (TPSA) is 59.8 Å². The smallest absolute Gasteiger partial charge is 0.424 e. The first-order chi connectivity index (χ1) is 10.3. The van der Waals surface area contributed by atoms with E-state index in [4.69, 9.17) is 4.74 Å². The molecule has 22 heavy (non-hydrogen) atoms. The Morgan fingerprint density at radius 2 is 2.00 bits per heavy atom. The van der Waals surface area contributed by atoms with E-state index in [9.17, 15) is 22.8 Å². The van der Waals surface area contributed by atoms with Crippen molar-refractivity contribution in [2.24, 2.45) is 0 Å². The lowest BCUT2D eigenvalue weighted by molar-refractivity contribution is -0.173. The Morgan fingerprint density at radius 1 is 1.27 bits per heavy atom. The minimum Gasteiger partial charge on any atom is -0.424 e. The lowest BCUT2D eigenvalue weighted by Gasteiger charge is -2.09. The van der Waals surface area contributed by atoms with Crippen LogP contribution < -0.4 is 10.1 Å². The van der Waals surface area contributed by atoms with Gasteiger partial charge >= 0.3 is 18.1 Å². The number of amides is 1. The first-order valence-electron chi connectivity index (χ1n) is 6.41. The highest BCUT2D eigenvalue weighted by Crippen LogP contribution is 2.25. The monoisotopic (exact) mass is 314 g/mol. The van der Waals surface area contributed by atoms with Gasteiger partial charge in [-0.05, 0) is 30.2 Å². The number of alkyl halides is 3. The molecule has 8 heteroatoms. The van der Waals surface area contributed by atoms with E-state index in [0.29, 0.717) is 16.8 Å². The third-order valence-corrected chi connectivity index (χ3v) is 2.92. The molecule has 2 rings (SSSR count). The van der Waals surface area contributed by atoms with Crippen LogP contribution in [0, 0.1) is 0 Å². The molecule has 5 nitrogen and oxygen atoms in total. The van der Waals surface area contributed by atoms with Crippen LogP contribution in [0.3, 0.4) is 0 Å². The third-order valence-electron chi connectivity index (χ3n) is 2.92. The quantitative estimate of drug-likeness (QED) is 0.879. The number of hydrogen-bond acceptors (Lipinski definition) is 3. The Hall–Kier alpha value is -2.51. The van der Waals surface area contributed by atoms with Crippen LogP contribution in [0.1, 0.15) is 12.5 Å². The highest BCUT2D eigenvalue weighted by Gasteiger charge is 2.38. The zero-order valence-electron chi connectivity index (χ0n) is 11.6. The predicted molar refractivity (Wildman–Crippen MR) is 71.5 cm³/mol. The van der Waals surface area contributed by atoms with Gasteiger partial charge in [-0.1, -0.05) is 0 Å². The molecule has 0 saturated heterocycles. The van der Waals surface area contributed by atoms with Crippen LogP contribution in [0.25, 0.3) is 5.52 Å². The summed E-state index contributed by atoms with van der Waals surface area (Å²) in [6, 6.07) is 4.97. The summed E-state index contributed by atoms with van der Waals surface area (Å²) in [5.74, 6) is -2.15. The molecule has 0 aromatic carbocycles. The second-order valence-electron chi connectivity index (χ2n) is 4.57. The average Bonchev–Trinajstić information content (AvgIpc) is 2.81. The molecule has 2 heterocycles. The number of fused-ring (bicyclic) bond motifs is 1. The zero-order chi connectivity index (χ0) is 16.3. The Labute approximate surface area is 123 Å². The molecule has 0 saturated carbocycles. The van der Waals surface area contributed by atoms with Crippen molar-refractivity contribution in [3.8, 4) is 5.75 Å². The molecule has 0 fully saturated rings. The fourth-order valence-corrected chi connectivity index (χ4v) is 2.05. The molecule has 2 aromatic rings. The molecule has 2 aromatic heterocycles. The summed E-state index contributed by atoms with van der Waals surface area (Å²) in [5.41, 5.74) is 1.25. The summed E-state index contributed by atoms with van der Waals surface area (Å²) in [6.45, 7) is 1.09. The maximum atomic E-state index is 12.1. The molecular weight excluding hydrogens is 301 g/mol. The molecule has 1 amide bonds. The van der Waals surface area contributed by atoms with Crippen molar-refractivity contribution in [2.75, 3.05) is 6.54 Å². The number of rotatable bonds is 4. The van der Waals surface area contributed by atoms with Crippen molar-refractivity contribution in [2.45, 2.75) is 19.5 Å². The van der Waals surface area contributed by atoms with Crippen LogP contribution in [0.15, 0.2) is 30.6 Å². The maximum Gasteiger partial charge on any atom is 0.471 e. The molecule has 0 aliphatic rings. The van der Waals surface area contributed by atoms with Crippen LogP contribution in [0.5, 0.6) is 5.75 Å². The predicted octanol–water partition coefficient (Wildman–Crippen LogP) is 2.09. The maximum absolute atomic E-state index is 12.1. The van der Waals surface area contributed by atoms with E-state index in [1.54, 1.807) is 40.3 Å². The van der Waals surface area contributed by atoms with Crippen LogP contribution >= 0.6 is 0 Å². The van der Waals surface area contributed by atoms with E-state index in [1.807, 2.05) is 0 Å². The summed E-state index contributed by atoms with van der Waals surface area (Å²) >= 11 is 0. The van der Waals surface area contributed by atoms with Gasteiger partial charge in [0.25, 0.3) is 0 Å². The average molecular weight is 314 g/mol. The minimum absolute atomic E-state index is 0.174. The van der Waals surface area contributed by atoms with Gasteiger partial charge in [0.05, 0.1) is 5.52 Å². The lowest BCUT2D eigenvalue weighted by Crippen LogP contribution is -2.37. The molecule has 1 N–H and O–H groups in total. The van der Waals surface area contributed by atoms with Gasteiger partial charge in [-0.15, -0.1) is 0 Å². The molecule has 0 bridgehead atoms. The van der Waals surface area contributed by atoms with Crippen molar-refractivity contribution in [1.82, 2.24) is 9.72 Å². The van der Waals surface area contributed by atoms with E-state index < -0.39 is 18.1 Å². The fourth-order valence-electron chi connectivity index (χ4n) is 2.05. The highest BCUT2D eigenvalue weighted by atomic mass is 19.4. The number of nitrogens with one attached hydrogen (secondary N) is 1. The standard InChI is InChI=1S/C14H13F3N2O3/c1-9(20)22-11-3-2-7-19-8-5-10(12(11)19)4-6-18-13(21)14(15,16)17/h2-3,5,7-8H,4,6H2,1H3,(H,18,21). The zero-order valence-corrected chi connectivity index (χ0v) is 11.6. The van der Waals surface area contributed by atoms with Gasteiger partial charge in [-0.25, -0.2) is 0 Å². The van der Waals surface area contributed by atoms with Crippen molar-refractivity contribution in [1.29, 1.82) is 0 Å². The Morgan fingerprint density at radius 3 is 2.64 bits per heavy atom. The first-order valence-corrected chi connectivity index (χ1v) is 6.41. The third kappa shape index (κ3) is 3.57. The highest BCUT2D eigenvalue weighted by molar-refractivity contribution is 5.81. The number of pyridine rings is 1.